The van der Waals surface area contributed by atoms with Gasteiger partial charge in [0.1, 0.15) is 17.3 Å². The third-order valence-electron chi connectivity index (χ3n) is 7.58. The Balaban J connectivity index is 1.12. The SMILES string of the molecule is CCC(=O)CCOCCOCCOCCOCCCC(=O)CCC(=O)N1Cc2ccccc2-c2c(nnn2C)-c2ccccc21. The Labute approximate surface area is 264 Å². The van der Waals surface area contributed by atoms with Crippen LogP contribution in [0.2, 0.25) is 0 Å². The maximum atomic E-state index is 13.6. The van der Waals surface area contributed by atoms with Gasteiger partial charge in [-0.15, -0.1) is 5.10 Å². The van der Waals surface area contributed by atoms with Crippen molar-refractivity contribution in [2.45, 2.75) is 52.0 Å². The third kappa shape index (κ3) is 10.1. The number of benzene rings is 2. The highest BCUT2D eigenvalue weighted by Gasteiger charge is 2.28. The van der Waals surface area contributed by atoms with Crippen LogP contribution in [-0.4, -0.2) is 85.3 Å². The van der Waals surface area contributed by atoms with E-state index in [4.69, 9.17) is 18.9 Å². The summed E-state index contributed by atoms with van der Waals surface area (Å²) < 4.78 is 23.6. The van der Waals surface area contributed by atoms with Crippen molar-refractivity contribution in [1.82, 2.24) is 15.0 Å². The van der Waals surface area contributed by atoms with Gasteiger partial charge in [-0.3, -0.25) is 14.4 Å². The van der Waals surface area contributed by atoms with Crippen LogP contribution in [0, 0.1) is 0 Å². The lowest BCUT2D eigenvalue weighted by Gasteiger charge is -2.28. The maximum Gasteiger partial charge on any atom is 0.227 e. The Morgan fingerprint density at radius 3 is 2.04 bits per heavy atom. The molecule has 4 rings (SSSR count). The van der Waals surface area contributed by atoms with Crippen LogP contribution in [0.5, 0.6) is 0 Å². The average Bonchev–Trinajstić information content (AvgIpc) is 3.43. The van der Waals surface area contributed by atoms with Gasteiger partial charge in [-0.1, -0.05) is 54.6 Å². The Kier molecular flexibility index (Phi) is 13.8. The topological polar surface area (TPSA) is 122 Å². The summed E-state index contributed by atoms with van der Waals surface area (Å²) in [5.41, 5.74) is 5.23. The van der Waals surface area contributed by atoms with Crippen LogP contribution < -0.4 is 4.90 Å². The molecule has 0 spiro atoms. The predicted molar refractivity (Wildman–Crippen MR) is 170 cm³/mol. The van der Waals surface area contributed by atoms with Crippen molar-refractivity contribution in [3.63, 3.8) is 0 Å². The second-order valence-corrected chi connectivity index (χ2v) is 10.8. The average molecular weight is 621 g/mol. The quantitative estimate of drug-likeness (QED) is 0.167. The lowest BCUT2D eigenvalue weighted by atomic mass is 9.95. The number of rotatable bonds is 20. The molecule has 2 aromatic carbocycles. The normalized spacial score (nSPS) is 12.2. The van der Waals surface area contributed by atoms with E-state index in [0.29, 0.717) is 85.1 Å². The minimum atomic E-state index is -0.105. The lowest BCUT2D eigenvalue weighted by Crippen LogP contribution is -2.32. The van der Waals surface area contributed by atoms with Crippen molar-refractivity contribution in [2.24, 2.45) is 7.05 Å². The molecule has 0 radical (unpaired) electrons. The molecule has 0 atom stereocenters. The summed E-state index contributed by atoms with van der Waals surface area (Å²) in [7, 11) is 1.87. The minimum Gasteiger partial charge on any atom is -0.379 e. The largest absolute Gasteiger partial charge is 0.379 e. The number of aromatic nitrogens is 3. The zero-order chi connectivity index (χ0) is 31.9. The molecule has 0 fully saturated rings. The highest BCUT2D eigenvalue weighted by molar-refractivity contribution is 6.01. The van der Waals surface area contributed by atoms with Gasteiger partial charge in [0.05, 0.1) is 64.2 Å². The molecular weight excluding hydrogens is 576 g/mol. The van der Waals surface area contributed by atoms with Crippen LogP contribution in [0.3, 0.4) is 0 Å². The Hall–Kier alpha value is -3.77. The molecule has 0 N–H and O–H groups in total. The standard InChI is InChI=1S/C34H44N4O7/c1-3-27(39)16-18-43-20-22-45-24-23-44-21-19-42-17-8-10-28(40)14-15-32(41)38-25-26-9-4-5-11-29(26)34-33(35-36-37(34)2)30-12-6-7-13-31(30)38/h4-7,9,11-13H,3,8,10,14-25H2,1-2H3. The van der Waals surface area contributed by atoms with Crippen LogP contribution in [-0.2, 0) is 46.9 Å². The van der Waals surface area contributed by atoms with Crippen LogP contribution in [0.25, 0.3) is 22.5 Å². The molecular formula is C34H44N4O7. The van der Waals surface area contributed by atoms with E-state index in [0.717, 1.165) is 33.8 Å². The van der Waals surface area contributed by atoms with E-state index in [9.17, 15) is 14.4 Å². The van der Waals surface area contributed by atoms with Gasteiger partial charge in [-0.05, 0) is 18.1 Å². The molecule has 0 aliphatic carbocycles. The predicted octanol–water partition coefficient (Wildman–Crippen LogP) is 4.56. The number of nitrogens with zero attached hydrogens (tertiary/aromatic N) is 4. The van der Waals surface area contributed by atoms with E-state index in [1.54, 1.807) is 9.58 Å². The van der Waals surface area contributed by atoms with Crippen LogP contribution in [0.15, 0.2) is 48.5 Å². The zero-order valence-corrected chi connectivity index (χ0v) is 26.4. The van der Waals surface area contributed by atoms with Crippen molar-refractivity contribution in [3.8, 4) is 22.5 Å². The van der Waals surface area contributed by atoms with E-state index in [2.05, 4.69) is 10.3 Å². The number of fused-ring (bicyclic) bond motifs is 5. The monoisotopic (exact) mass is 620 g/mol. The van der Waals surface area contributed by atoms with Gasteiger partial charge in [0.2, 0.25) is 5.91 Å². The molecule has 0 bridgehead atoms. The molecule has 1 amide bonds. The number of ketones is 2. The minimum absolute atomic E-state index is 0.0400. The van der Waals surface area contributed by atoms with Gasteiger partial charge in [0, 0.05) is 56.9 Å². The molecule has 242 valence electrons. The van der Waals surface area contributed by atoms with Gasteiger partial charge in [0.15, 0.2) is 0 Å². The number of aryl methyl sites for hydroxylation is 1. The Bertz CT molecular complexity index is 1410. The molecule has 0 saturated carbocycles. The zero-order valence-electron chi connectivity index (χ0n) is 26.4. The first-order valence-corrected chi connectivity index (χ1v) is 15.7. The molecule has 11 nitrogen and oxygen atoms in total. The van der Waals surface area contributed by atoms with Crippen LogP contribution >= 0.6 is 0 Å². The van der Waals surface area contributed by atoms with Gasteiger partial charge >= 0.3 is 0 Å². The first kappa shape index (κ1) is 34.1. The van der Waals surface area contributed by atoms with E-state index >= 15 is 0 Å². The number of Topliss-reactive ketones (excluding diaryl/α,β-unsaturated/α-hetero) is 2. The fourth-order valence-corrected chi connectivity index (χ4v) is 5.12. The lowest BCUT2D eigenvalue weighted by molar-refractivity contribution is -0.124. The van der Waals surface area contributed by atoms with Crippen molar-refractivity contribution < 1.29 is 33.3 Å². The first-order chi connectivity index (χ1) is 22.0. The summed E-state index contributed by atoms with van der Waals surface area (Å²) in [4.78, 5) is 39.1. The second kappa shape index (κ2) is 18.3. The number of ether oxygens (including phenoxy) is 4. The first-order valence-electron chi connectivity index (χ1n) is 15.7. The molecule has 3 aromatic rings. The third-order valence-corrected chi connectivity index (χ3v) is 7.58. The van der Waals surface area contributed by atoms with Gasteiger partial charge < -0.3 is 23.8 Å². The number of para-hydroxylation sites is 1. The fraction of sp³-hybridized carbons (Fsp3) is 0.500. The molecule has 0 unspecified atom stereocenters. The van der Waals surface area contributed by atoms with Crippen molar-refractivity contribution in [2.75, 3.05) is 57.8 Å². The molecule has 2 heterocycles. The number of carbonyl (C=O) groups is 3. The summed E-state index contributed by atoms with van der Waals surface area (Å²) in [6, 6.07) is 15.7. The summed E-state index contributed by atoms with van der Waals surface area (Å²) in [6.07, 6.45) is 2.25. The molecule has 0 saturated heterocycles. The highest BCUT2D eigenvalue weighted by atomic mass is 16.6. The Morgan fingerprint density at radius 1 is 0.711 bits per heavy atom. The number of hydrogen-bond acceptors (Lipinski definition) is 9. The smallest absolute Gasteiger partial charge is 0.227 e. The van der Waals surface area contributed by atoms with Gasteiger partial charge in [0.25, 0.3) is 0 Å². The fourth-order valence-electron chi connectivity index (χ4n) is 5.12. The number of carbonyl (C=O) groups excluding carboxylic acids is 3. The second-order valence-electron chi connectivity index (χ2n) is 10.8. The van der Waals surface area contributed by atoms with Crippen LogP contribution in [0.4, 0.5) is 5.69 Å². The van der Waals surface area contributed by atoms with Gasteiger partial charge in [-0.25, -0.2) is 4.68 Å². The maximum absolute atomic E-state index is 13.6. The summed E-state index contributed by atoms with van der Waals surface area (Å²) in [5.74, 6) is 0.135. The van der Waals surface area contributed by atoms with E-state index in [1.807, 2.05) is 62.5 Å². The van der Waals surface area contributed by atoms with Crippen molar-refractivity contribution in [1.29, 1.82) is 0 Å². The molecule has 1 aromatic heterocycles. The number of anilines is 1. The molecule has 1 aliphatic rings. The van der Waals surface area contributed by atoms with Crippen LogP contribution in [0.1, 0.15) is 51.0 Å². The van der Waals surface area contributed by atoms with Gasteiger partial charge in [-0.2, -0.15) is 0 Å². The van der Waals surface area contributed by atoms with Crippen molar-refractivity contribution in [3.05, 3.63) is 54.1 Å². The molecule has 1 aliphatic heterocycles. The molecule has 11 heteroatoms. The van der Waals surface area contributed by atoms with E-state index in [1.165, 1.54) is 0 Å². The molecule has 45 heavy (non-hydrogen) atoms. The van der Waals surface area contributed by atoms with E-state index in [-0.39, 0.29) is 30.3 Å². The number of hydrogen-bond donors (Lipinski definition) is 0. The Morgan fingerprint density at radius 2 is 1.33 bits per heavy atom. The summed E-state index contributed by atoms with van der Waals surface area (Å²) in [6.45, 7) is 5.83. The highest BCUT2D eigenvalue weighted by Crippen LogP contribution is 2.40. The van der Waals surface area contributed by atoms with Crippen molar-refractivity contribution >= 4 is 23.2 Å². The summed E-state index contributed by atoms with van der Waals surface area (Å²) in [5, 5.41) is 8.72. The number of amides is 1. The summed E-state index contributed by atoms with van der Waals surface area (Å²) >= 11 is 0. The van der Waals surface area contributed by atoms with E-state index < -0.39 is 0 Å².